The van der Waals surface area contributed by atoms with Gasteiger partial charge >= 0.3 is 6.01 Å². The molecule has 5 heterocycles. The van der Waals surface area contributed by atoms with Crippen LogP contribution >= 0.6 is 0 Å². The standard InChI is InChI=1S/C25H32N10O3/c1-32(2)23(36)15-34-8-7-19-20(34)14-26-24(30-19)29-17-3-5-18(6-4-17)38-25-31-22(33-9-11-37-12-10-33)13-21-27-16-28-35(21)25/h7-8,13-14,16-18H,3-6,9-12,15H2,1-2H3,(H,26,29,30)/t17-,18+. The maximum atomic E-state index is 12.1. The Morgan fingerprint density at radius 2 is 1.97 bits per heavy atom. The van der Waals surface area contributed by atoms with Crippen molar-refractivity contribution in [1.29, 1.82) is 0 Å². The smallest absolute Gasteiger partial charge is 0.321 e. The SMILES string of the molecule is CN(C)C(=O)Cn1ccc2nc(N[C@H]3CC[C@@H](Oc4nc(N5CCOCC5)cc5ncnn45)CC3)ncc21. The first kappa shape index (κ1) is 24.3. The summed E-state index contributed by atoms with van der Waals surface area (Å²) in [7, 11) is 3.50. The molecular formula is C25H32N10O3. The van der Waals surface area contributed by atoms with Crippen LogP contribution in [-0.4, -0.2) is 97.5 Å². The largest absolute Gasteiger partial charge is 0.460 e. The number of fused-ring (bicyclic) bond motifs is 2. The Bertz CT molecular complexity index is 1420. The van der Waals surface area contributed by atoms with Gasteiger partial charge in [0.05, 0.1) is 30.4 Å². The number of anilines is 2. The fourth-order valence-corrected chi connectivity index (χ4v) is 4.94. The summed E-state index contributed by atoms with van der Waals surface area (Å²) in [5.74, 6) is 1.46. The van der Waals surface area contributed by atoms with Gasteiger partial charge in [-0.05, 0) is 31.7 Å². The van der Waals surface area contributed by atoms with Gasteiger partial charge in [-0.25, -0.2) is 15.0 Å². The molecule has 2 fully saturated rings. The third-order valence-electron chi connectivity index (χ3n) is 7.16. The van der Waals surface area contributed by atoms with Gasteiger partial charge in [-0.3, -0.25) is 4.79 Å². The molecule has 200 valence electrons. The van der Waals surface area contributed by atoms with Crippen LogP contribution in [0.1, 0.15) is 25.7 Å². The zero-order chi connectivity index (χ0) is 26.1. The number of nitrogens with zero attached hydrogens (tertiary/aromatic N) is 9. The number of carbonyl (C=O) groups excluding carboxylic acids is 1. The molecule has 1 aliphatic heterocycles. The second-order valence-corrected chi connectivity index (χ2v) is 9.96. The first-order valence-corrected chi connectivity index (χ1v) is 13.0. The lowest BCUT2D eigenvalue weighted by molar-refractivity contribution is -0.129. The number of carbonyl (C=O) groups is 1. The van der Waals surface area contributed by atoms with E-state index in [4.69, 9.17) is 14.5 Å². The van der Waals surface area contributed by atoms with Crippen LogP contribution in [-0.2, 0) is 16.1 Å². The lowest BCUT2D eigenvalue weighted by atomic mass is 9.93. The molecule has 0 spiro atoms. The number of aromatic nitrogens is 7. The molecule has 2 aliphatic rings. The number of morpholine rings is 1. The van der Waals surface area contributed by atoms with E-state index in [1.165, 1.54) is 6.33 Å². The lowest BCUT2D eigenvalue weighted by Gasteiger charge is -2.30. The maximum Gasteiger partial charge on any atom is 0.321 e. The highest BCUT2D eigenvalue weighted by atomic mass is 16.5. The Labute approximate surface area is 219 Å². The summed E-state index contributed by atoms with van der Waals surface area (Å²) < 4.78 is 15.4. The molecule has 38 heavy (non-hydrogen) atoms. The van der Waals surface area contributed by atoms with E-state index in [0.29, 0.717) is 25.2 Å². The number of amides is 1. The van der Waals surface area contributed by atoms with Crippen LogP contribution in [0.3, 0.4) is 0 Å². The molecule has 0 unspecified atom stereocenters. The third kappa shape index (κ3) is 5.05. The van der Waals surface area contributed by atoms with Crippen molar-refractivity contribution in [3.05, 3.63) is 30.9 Å². The number of nitrogens with one attached hydrogen (secondary N) is 1. The molecule has 6 rings (SSSR count). The molecule has 1 saturated carbocycles. The molecule has 0 atom stereocenters. The topological polar surface area (TPSA) is 128 Å². The van der Waals surface area contributed by atoms with E-state index in [1.807, 2.05) is 22.9 Å². The van der Waals surface area contributed by atoms with Crippen molar-refractivity contribution in [2.75, 3.05) is 50.6 Å². The second-order valence-electron chi connectivity index (χ2n) is 9.96. The van der Waals surface area contributed by atoms with E-state index < -0.39 is 0 Å². The van der Waals surface area contributed by atoms with Crippen LogP contribution < -0.4 is 15.0 Å². The molecular weight excluding hydrogens is 488 g/mol. The normalized spacial score (nSPS) is 20.1. The van der Waals surface area contributed by atoms with Gasteiger partial charge in [-0.2, -0.15) is 14.6 Å². The number of rotatable bonds is 7. The van der Waals surface area contributed by atoms with Crippen LogP contribution in [0.2, 0.25) is 0 Å². The Balaban J connectivity index is 1.08. The van der Waals surface area contributed by atoms with Gasteiger partial charge in [0, 0.05) is 45.5 Å². The molecule has 4 aromatic heterocycles. The molecule has 0 radical (unpaired) electrons. The van der Waals surface area contributed by atoms with Gasteiger partial charge in [-0.1, -0.05) is 0 Å². The predicted octanol–water partition coefficient (Wildman–Crippen LogP) is 1.60. The maximum absolute atomic E-state index is 12.1. The van der Waals surface area contributed by atoms with Crippen LogP contribution in [0.4, 0.5) is 11.8 Å². The van der Waals surface area contributed by atoms with Crippen molar-refractivity contribution in [2.24, 2.45) is 0 Å². The van der Waals surface area contributed by atoms with Crippen LogP contribution in [0, 0.1) is 0 Å². The van der Waals surface area contributed by atoms with Crippen molar-refractivity contribution in [3.63, 3.8) is 0 Å². The minimum atomic E-state index is 0.0243. The monoisotopic (exact) mass is 520 g/mol. The van der Waals surface area contributed by atoms with Crippen LogP contribution in [0.15, 0.2) is 30.9 Å². The Morgan fingerprint density at radius 3 is 2.76 bits per heavy atom. The van der Waals surface area contributed by atoms with Crippen molar-refractivity contribution in [1.82, 2.24) is 39.0 Å². The molecule has 13 nitrogen and oxygen atoms in total. The van der Waals surface area contributed by atoms with Gasteiger partial charge < -0.3 is 29.2 Å². The van der Waals surface area contributed by atoms with Crippen molar-refractivity contribution in [3.8, 4) is 6.01 Å². The van der Waals surface area contributed by atoms with Gasteiger partial charge in [0.25, 0.3) is 0 Å². The Morgan fingerprint density at radius 1 is 1.16 bits per heavy atom. The molecule has 0 bridgehead atoms. The summed E-state index contributed by atoms with van der Waals surface area (Å²) >= 11 is 0. The molecule has 1 saturated heterocycles. The van der Waals surface area contributed by atoms with E-state index in [2.05, 4.69) is 30.3 Å². The molecule has 1 aliphatic carbocycles. The lowest BCUT2D eigenvalue weighted by Crippen LogP contribution is -2.37. The van der Waals surface area contributed by atoms with E-state index in [9.17, 15) is 4.79 Å². The Kier molecular flexibility index (Phi) is 6.66. The Hall–Kier alpha value is -4.00. The summed E-state index contributed by atoms with van der Waals surface area (Å²) in [4.78, 5) is 34.2. The highest BCUT2D eigenvalue weighted by Gasteiger charge is 2.25. The summed E-state index contributed by atoms with van der Waals surface area (Å²) in [5.41, 5.74) is 2.38. The van der Waals surface area contributed by atoms with E-state index in [-0.39, 0.29) is 24.6 Å². The van der Waals surface area contributed by atoms with E-state index in [1.54, 1.807) is 29.7 Å². The molecule has 13 heteroatoms. The highest BCUT2D eigenvalue weighted by Crippen LogP contribution is 2.27. The summed E-state index contributed by atoms with van der Waals surface area (Å²) in [6, 6.07) is 4.59. The van der Waals surface area contributed by atoms with Gasteiger partial charge in [-0.15, -0.1) is 0 Å². The zero-order valence-corrected chi connectivity index (χ0v) is 21.7. The predicted molar refractivity (Wildman–Crippen MR) is 140 cm³/mol. The minimum absolute atomic E-state index is 0.0243. The van der Waals surface area contributed by atoms with Gasteiger partial charge in [0.15, 0.2) is 5.65 Å². The van der Waals surface area contributed by atoms with E-state index >= 15 is 0 Å². The molecule has 1 N–H and O–H groups in total. The van der Waals surface area contributed by atoms with Gasteiger partial charge in [0.1, 0.15) is 24.8 Å². The first-order chi connectivity index (χ1) is 18.5. The fraction of sp³-hybridized carbons (Fsp3) is 0.520. The van der Waals surface area contributed by atoms with Crippen LogP contribution in [0.5, 0.6) is 6.01 Å². The second kappa shape index (κ2) is 10.4. The quantitative estimate of drug-likeness (QED) is 0.384. The van der Waals surface area contributed by atoms with Crippen molar-refractivity contribution in [2.45, 2.75) is 44.4 Å². The highest BCUT2D eigenvalue weighted by molar-refractivity contribution is 5.80. The average molecular weight is 521 g/mol. The number of likely N-dealkylation sites (N-methyl/N-ethyl adjacent to an activating group) is 1. The summed E-state index contributed by atoms with van der Waals surface area (Å²) in [6.07, 6.45) is 8.83. The molecule has 1 amide bonds. The summed E-state index contributed by atoms with van der Waals surface area (Å²) in [6.45, 7) is 3.22. The third-order valence-corrected chi connectivity index (χ3v) is 7.16. The fourth-order valence-electron chi connectivity index (χ4n) is 4.94. The minimum Gasteiger partial charge on any atom is -0.460 e. The van der Waals surface area contributed by atoms with Crippen LogP contribution in [0.25, 0.3) is 16.7 Å². The van der Waals surface area contributed by atoms with Gasteiger partial charge in [0.2, 0.25) is 11.9 Å². The number of hydrogen-bond donors (Lipinski definition) is 1. The van der Waals surface area contributed by atoms with E-state index in [0.717, 1.165) is 61.3 Å². The molecule has 0 aromatic carbocycles. The summed E-state index contributed by atoms with van der Waals surface area (Å²) in [5, 5.41) is 7.79. The molecule has 4 aromatic rings. The number of hydrogen-bond acceptors (Lipinski definition) is 10. The van der Waals surface area contributed by atoms with Crippen molar-refractivity contribution >= 4 is 34.4 Å². The average Bonchev–Trinajstić information content (AvgIpc) is 3.57. The van der Waals surface area contributed by atoms with Crippen molar-refractivity contribution < 1.29 is 14.3 Å². The number of ether oxygens (including phenoxy) is 2. The first-order valence-electron chi connectivity index (χ1n) is 13.0. The zero-order valence-electron chi connectivity index (χ0n) is 21.7.